The van der Waals surface area contributed by atoms with Crippen LogP contribution in [0.15, 0.2) is 18.2 Å². The first-order valence-corrected chi connectivity index (χ1v) is 5.84. The van der Waals surface area contributed by atoms with E-state index in [4.69, 9.17) is 17.0 Å². The molecule has 3 nitrogen and oxygen atoms in total. The van der Waals surface area contributed by atoms with E-state index in [0.717, 1.165) is 16.0 Å². The summed E-state index contributed by atoms with van der Waals surface area (Å²) < 4.78 is 8.25. The van der Waals surface area contributed by atoms with Crippen LogP contribution in [0.2, 0.25) is 0 Å². The minimum atomic E-state index is 0.226. The summed E-state index contributed by atoms with van der Waals surface area (Å²) >= 11 is 5.39. The highest BCUT2D eigenvalue weighted by Crippen LogP contribution is 2.45. The zero-order chi connectivity index (χ0) is 11.3. The van der Waals surface area contributed by atoms with Gasteiger partial charge >= 0.3 is 0 Å². The fraction of sp³-hybridized carbons (Fsp3) is 0.417. The Labute approximate surface area is 99.0 Å². The number of aromatic amines is 1. The van der Waals surface area contributed by atoms with Crippen molar-refractivity contribution >= 4 is 23.3 Å². The van der Waals surface area contributed by atoms with E-state index in [2.05, 4.69) is 22.5 Å². The van der Waals surface area contributed by atoms with Gasteiger partial charge in [0.15, 0.2) is 4.77 Å². The second kappa shape index (κ2) is 3.10. The van der Waals surface area contributed by atoms with Gasteiger partial charge in [0.1, 0.15) is 5.75 Å². The Hall–Kier alpha value is -1.29. The molecule has 1 saturated carbocycles. The van der Waals surface area contributed by atoms with Crippen molar-refractivity contribution in [3.63, 3.8) is 0 Å². The third-order valence-corrected chi connectivity index (χ3v) is 3.69. The van der Waals surface area contributed by atoms with Crippen LogP contribution in [0.3, 0.4) is 0 Å². The first kappa shape index (κ1) is 9.90. The molecule has 4 heteroatoms. The van der Waals surface area contributed by atoms with E-state index in [-0.39, 0.29) is 5.54 Å². The molecule has 1 aromatic heterocycles. The molecule has 84 valence electrons. The van der Waals surface area contributed by atoms with Crippen molar-refractivity contribution in [3.05, 3.63) is 23.0 Å². The van der Waals surface area contributed by atoms with Gasteiger partial charge in [0, 0.05) is 11.6 Å². The third-order valence-electron chi connectivity index (χ3n) is 3.40. The highest BCUT2D eigenvalue weighted by atomic mass is 32.1. The van der Waals surface area contributed by atoms with Gasteiger partial charge in [-0.2, -0.15) is 0 Å². The maximum atomic E-state index is 5.39. The lowest BCUT2D eigenvalue weighted by Gasteiger charge is -2.11. The number of rotatable bonds is 2. The SMILES string of the molecule is COc1ccc2c(c1)[nH]c(=S)n2C1(C)CC1. The van der Waals surface area contributed by atoms with Crippen LogP contribution >= 0.6 is 12.2 Å². The molecule has 16 heavy (non-hydrogen) atoms. The molecular weight excluding hydrogens is 220 g/mol. The molecule has 1 aliphatic carbocycles. The Balaban J connectivity index is 2.29. The van der Waals surface area contributed by atoms with Crippen LogP contribution in [-0.2, 0) is 5.54 Å². The summed E-state index contributed by atoms with van der Waals surface area (Å²) in [7, 11) is 1.68. The van der Waals surface area contributed by atoms with E-state index >= 15 is 0 Å². The smallest absolute Gasteiger partial charge is 0.178 e. The van der Waals surface area contributed by atoms with E-state index in [9.17, 15) is 0 Å². The van der Waals surface area contributed by atoms with Crippen LogP contribution in [0.4, 0.5) is 0 Å². The van der Waals surface area contributed by atoms with Gasteiger partial charge < -0.3 is 14.3 Å². The monoisotopic (exact) mass is 234 g/mol. The number of ether oxygens (including phenoxy) is 1. The quantitative estimate of drug-likeness (QED) is 0.809. The number of hydrogen-bond donors (Lipinski definition) is 1. The van der Waals surface area contributed by atoms with Gasteiger partial charge in [-0.15, -0.1) is 0 Å². The van der Waals surface area contributed by atoms with Crippen LogP contribution in [0.25, 0.3) is 11.0 Å². The number of H-pyrrole nitrogens is 1. The number of imidazole rings is 1. The van der Waals surface area contributed by atoms with Crippen molar-refractivity contribution in [3.8, 4) is 5.75 Å². The van der Waals surface area contributed by atoms with Gasteiger partial charge in [-0.1, -0.05) is 0 Å². The van der Waals surface area contributed by atoms with Crippen molar-refractivity contribution in [2.24, 2.45) is 0 Å². The molecule has 0 atom stereocenters. The molecule has 1 N–H and O–H groups in total. The Morgan fingerprint density at radius 2 is 2.19 bits per heavy atom. The molecule has 0 amide bonds. The molecule has 3 rings (SSSR count). The molecule has 1 fully saturated rings. The lowest BCUT2D eigenvalue weighted by molar-refractivity contribution is 0.415. The minimum absolute atomic E-state index is 0.226. The molecule has 0 bridgehead atoms. The summed E-state index contributed by atoms with van der Waals surface area (Å²) in [5.74, 6) is 0.858. The molecule has 0 radical (unpaired) electrons. The Morgan fingerprint density at radius 1 is 1.44 bits per heavy atom. The van der Waals surface area contributed by atoms with Gasteiger partial charge in [0.25, 0.3) is 0 Å². The fourth-order valence-electron chi connectivity index (χ4n) is 2.16. The van der Waals surface area contributed by atoms with Gasteiger partial charge in [-0.3, -0.25) is 0 Å². The highest BCUT2D eigenvalue weighted by molar-refractivity contribution is 7.71. The normalized spacial score (nSPS) is 17.6. The highest BCUT2D eigenvalue weighted by Gasteiger charge is 2.40. The van der Waals surface area contributed by atoms with E-state index in [0.29, 0.717) is 0 Å². The maximum absolute atomic E-state index is 5.39. The minimum Gasteiger partial charge on any atom is -0.497 e. The molecule has 2 aromatic rings. The predicted molar refractivity (Wildman–Crippen MR) is 66.6 cm³/mol. The van der Waals surface area contributed by atoms with E-state index in [1.54, 1.807) is 7.11 Å². The first-order chi connectivity index (χ1) is 7.64. The lowest BCUT2D eigenvalue weighted by atomic mass is 10.2. The van der Waals surface area contributed by atoms with Gasteiger partial charge in [-0.05, 0) is 44.1 Å². The fourth-order valence-corrected chi connectivity index (χ4v) is 2.59. The largest absolute Gasteiger partial charge is 0.497 e. The third kappa shape index (κ3) is 1.29. The van der Waals surface area contributed by atoms with Crippen molar-refractivity contribution < 1.29 is 4.74 Å². The second-order valence-corrected chi connectivity index (χ2v) is 5.03. The van der Waals surface area contributed by atoms with Crippen LogP contribution in [-0.4, -0.2) is 16.7 Å². The van der Waals surface area contributed by atoms with Crippen molar-refractivity contribution in [2.45, 2.75) is 25.3 Å². The maximum Gasteiger partial charge on any atom is 0.178 e. The van der Waals surface area contributed by atoms with E-state index < -0.39 is 0 Å². The van der Waals surface area contributed by atoms with Crippen molar-refractivity contribution in [2.75, 3.05) is 7.11 Å². The number of nitrogens with zero attached hydrogens (tertiary/aromatic N) is 1. The standard InChI is InChI=1S/C12H14N2OS/c1-12(5-6-12)14-10-4-3-8(15-2)7-9(10)13-11(14)16/h3-4,7H,5-6H2,1-2H3,(H,13,16). The number of aromatic nitrogens is 2. The zero-order valence-corrected chi connectivity index (χ0v) is 10.2. The topological polar surface area (TPSA) is 29.9 Å². The zero-order valence-electron chi connectivity index (χ0n) is 9.41. The number of fused-ring (bicyclic) bond motifs is 1. The first-order valence-electron chi connectivity index (χ1n) is 5.43. The summed E-state index contributed by atoms with van der Waals surface area (Å²) in [5.41, 5.74) is 2.45. The molecule has 1 aliphatic rings. The molecule has 0 unspecified atom stereocenters. The Kier molecular flexibility index (Phi) is 1.92. The van der Waals surface area contributed by atoms with Crippen molar-refractivity contribution in [1.82, 2.24) is 9.55 Å². The molecule has 0 spiro atoms. The number of benzene rings is 1. The van der Waals surface area contributed by atoms with Crippen LogP contribution in [0.1, 0.15) is 19.8 Å². The lowest BCUT2D eigenvalue weighted by Crippen LogP contribution is -2.11. The van der Waals surface area contributed by atoms with Gasteiger partial charge in [0.05, 0.1) is 18.1 Å². The summed E-state index contributed by atoms with van der Waals surface area (Å²) in [4.78, 5) is 3.25. The Morgan fingerprint density at radius 3 is 2.81 bits per heavy atom. The average molecular weight is 234 g/mol. The van der Waals surface area contributed by atoms with Gasteiger partial charge in [-0.25, -0.2) is 0 Å². The van der Waals surface area contributed by atoms with E-state index in [1.807, 2.05) is 12.1 Å². The number of nitrogens with one attached hydrogen (secondary N) is 1. The van der Waals surface area contributed by atoms with Crippen LogP contribution in [0, 0.1) is 4.77 Å². The number of methoxy groups -OCH3 is 1. The van der Waals surface area contributed by atoms with Gasteiger partial charge in [0.2, 0.25) is 0 Å². The predicted octanol–water partition coefficient (Wildman–Crippen LogP) is 3.22. The second-order valence-electron chi connectivity index (χ2n) is 4.65. The average Bonchev–Trinajstić information content (AvgIpc) is 2.90. The molecule has 0 saturated heterocycles. The summed E-state index contributed by atoms with van der Waals surface area (Å²) in [5, 5.41) is 0. The van der Waals surface area contributed by atoms with Crippen LogP contribution in [0.5, 0.6) is 5.75 Å². The summed E-state index contributed by atoms with van der Waals surface area (Å²) in [6.07, 6.45) is 2.42. The molecular formula is C12H14N2OS. The molecule has 1 aromatic carbocycles. The summed E-state index contributed by atoms with van der Waals surface area (Å²) in [6.45, 7) is 2.25. The summed E-state index contributed by atoms with van der Waals surface area (Å²) in [6, 6.07) is 6.05. The van der Waals surface area contributed by atoms with E-state index in [1.165, 1.54) is 18.4 Å². The molecule has 1 heterocycles. The number of hydrogen-bond acceptors (Lipinski definition) is 2. The van der Waals surface area contributed by atoms with Crippen molar-refractivity contribution in [1.29, 1.82) is 0 Å². The molecule has 0 aliphatic heterocycles. The Bertz CT molecular complexity index is 607. The van der Waals surface area contributed by atoms with Crippen LogP contribution < -0.4 is 4.74 Å².